The highest BCUT2D eigenvalue weighted by Gasteiger charge is 2.23. The second-order valence-corrected chi connectivity index (χ2v) is 7.08. The van der Waals surface area contributed by atoms with Crippen molar-refractivity contribution in [2.75, 3.05) is 4.72 Å². The molecule has 0 aliphatic carbocycles. The van der Waals surface area contributed by atoms with E-state index in [0.29, 0.717) is 12.0 Å². The third-order valence-corrected chi connectivity index (χ3v) is 4.99. The number of hydrogen-bond donors (Lipinski definition) is 1. The highest BCUT2D eigenvalue weighted by molar-refractivity contribution is 7.92. The summed E-state index contributed by atoms with van der Waals surface area (Å²) in [5.74, 6) is 0. The van der Waals surface area contributed by atoms with E-state index in [9.17, 15) is 18.5 Å². The van der Waals surface area contributed by atoms with Gasteiger partial charge in [-0.05, 0) is 37.1 Å². The van der Waals surface area contributed by atoms with Gasteiger partial charge < -0.3 is 0 Å². The molecular formula is C15H15ClN2O4S. The lowest BCUT2D eigenvalue weighted by Gasteiger charge is -2.12. The van der Waals surface area contributed by atoms with Crippen molar-refractivity contribution in [3.05, 3.63) is 62.7 Å². The molecule has 122 valence electrons. The molecular weight excluding hydrogens is 340 g/mol. The summed E-state index contributed by atoms with van der Waals surface area (Å²) in [5.41, 5.74) is 1.07. The van der Waals surface area contributed by atoms with Crippen molar-refractivity contribution in [3.8, 4) is 0 Å². The summed E-state index contributed by atoms with van der Waals surface area (Å²) < 4.78 is 27.4. The molecule has 0 saturated heterocycles. The molecule has 0 saturated carbocycles. The SMILES string of the molecule is CCc1cc(C)ccc1S(=O)(=O)Nc1ccc(Cl)cc1[N+](=O)[O-]. The summed E-state index contributed by atoms with van der Waals surface area (Å²) >= 11 is 5.73. The Hall–Kier alpha value is -2.12. The molecule has 2 aromatic carbocycles. The number of halogens is 1. The van der Waals surface area contributed by atoms with E-state index in [2.05, 4.69) is 4.72 Å². The van der Waals surface area contributed by atoms with E-state index in [0.717, 1.165) is 11.6 Å². The maximum atomic E-state index is 12.6. The number of benzene rings is 2. The molecule has 0 aliphatic heterocycles. The molecule has 0 aliphatic rings. The van der Waals surface area contributed by atoms with Gasteiger partial charge in [0, 0.05) is 11.1 Å². The lowest BCUT2D eigenvalue weighted by atomic mass is 10.1. The van der Waals surface area contributed by atoms with Crippen LogP contribution in [0.1, 0.15) is 18.1 Å². The number of nitrogens with zero attached hydrogens (tertiary/aromatic N) is 1. The molecule has 0 bridgehead atoms. The Labute approximate surface area is 139 Å². The molecule has 8 heteroatoms. The molecule has 0 heterocycles. The van der Waals surface area contributed by atoms with Gasteiger partial charge in [-0.15, -0.1) is 0 Å². The second kappa shape index (κ2) is 6.55. The average molecular weight is 355 g/mol. The smallest absolute Gasteiger partial charge is 0.273 e. The van der Waals surface area contributed by atoms with E-state index >= 15 is 0 Å². The first-order valence-corrected chi connectivity index (χ1v) is 8.67. The van der Waals surface area contributed by atoms with Crippen molar-refractivity contribution in [2.24, 2.45) is 0 Å². The van der Waals surface area contributed by atoms with Gasteiger partial charge >= 0.3 is 0 Å². The quantitative estimate of drug-likeness (QED) is 0.651. The fourth-order valence-corrected chi connectivity index (χ4v) is 3.72. The highest BCUT2D eigenvalue weighted by atomic mass is 35.5. The number of nitro groups is 1. The Bertz CT molecular complexity index is 866. The van der Waals surface area contributed by atoms with Crippen LogP contribution in [0.2, 0.25) is 5.02 Å². The van der Waals surface area contributed by atoms with Crippen molar-refractivity contribution in [2.45, 2.75) is 25.2 Å². The van der Waals surface area contributed by atoms with Crippen molar-refractivity contribution in [3.63, 3.8) is 0 Å². The zero-order valence-corrected chi connectivity index (χ0v) is 14.1. The van der Waals surface area contributed by atoms with E-state index < -0.39 is 20.6 Å². The number of rotatable bonds is 5. The Kier molecular flexibility index (Phi) is 4.91. The number of hydrogen-bond acceptors (Lipinski definition) is 4. The van der Waals surface area contributed by atoms with E-state index in [1.54, 1.807) is 12.1 Å². The maximum absolute atomic E-state index is 12.6. The molecule has 0 amide bonds. The molecule has 0 unspecified atom stereocenters. The van der Waals surface area contributed by atoms with Crippen molar-refractivity contribution < 1.29 is 13.3 Å². The number of aryl methyl sites for hydroxylation is 2. The molecule has 2 rings (SSSR count). The van der Waals surface area contributed by atoms with Crippen LogP contribution < -0.4 is 4.72 Å². The Balaban J connectivity index is 2.50. The van der Waals surface area contributed by atoms with Gasteiger partial charge in [0.05, 0.1) is 9.82 Å². The lowest BCUT2D eigenvalue weighted by molar-refractivity contribution is -0.383. The molecule has 2 aromatic rings. The molecule has 0 spiro atoms. The minimum absolute atomic E-state index is 0.106. The molecule has 0 fully saturated rings. The summed E-state index contributed by atoms with van der Waals surface area (Å²) in [5, 5.41) is 11.2. The van der Waals surface area contributed by atoms with Crippen LogP contribution in [0.15, 0.2) is 41.3 Å². The van der Waals surface area contributed by atoms with Gasteiger partial charge in [0.25, 0.3) is 15.7 Å². The minimum atomic E-state index is -3.94. The monoisotopic (exact) mass is 354 g/mol. The van der Waals surface area contributed by atoms with Crippen LogP contribution in [0.4, 0.5) is 11.4 Å². The normalized spacial score (nSPS) is 11.3. The number of nitro benzene ring substituents is 1. The zero-order valence-electron chi connectivity index (χ0n) is 12.5. The zero-order chi connectivity index (χ0) is 17.2. The Morgan fingerprint density at radius 1 is 1.22 bits per heavy atom. The lowest BCUT2D eigenvalue weighted by Crippen LogP contribution is -2.16. The van der Waals surface area contributed by atoms with Crippen LogP contribution in [0.5, 0.6) is 0 Å². The van der Waals surface area contributed by atoms with Gasteiger partial charge in [-0.3, -0.25) is 14.8 Å². The summed E-state index contributed by atoms with van der Waals surface area (Å²) in [6.45, 7) is 3.71. The molecule has 0 aromatic heterocycles. The average Bonchev–Trinajstić information content (AvgIpc) is 2.48. The van der Waals surface area contributed by atoms with Gasteiger partial charge in [-0.1, -0.05) is 36.2 Å². The first kappa shape index (κ1) is 17.2. The Morgan fingerprint density at radius 3 is 2.52 bits per heavy atom. The van der Waals surface area contributed by atoms with Crippen molar-refractivity contribution in [1.29, 1.82) is 0 Å². The van der Waals surface area contributed by atoms with E-state index in [4.69, 9.17) is 11.6 Å². The number of nitrogens with one attached hydrogen (secondary N) is 1. The summed E-state index contributed by atoms with van der Waals surface area (Å²) in [6, 6.07) is 8.74. The fourth-order valence-electron chi connectivity index (χ4n) is 2.19. The van der Waals surface area contributed by atoms with E-state index in [1.807, 2.05) is 13.8 Å². The standard InChI is InChI=1S/C15H15ClN2O4S/c1-3-11-8-10(2)4-7-15(11)23(21,22)17-13-6-5-12(16)9-14(13)18(19)20/h4-9,17H,3H2,1-2H3. The molecule has 0 radical (unpaired) electrons. The largest absolute Gasteiger partial charge is 0.294 e. The first-order chi connectivity index (χ1) is 10.7. The second-order valence-electron chi connectivity index (χ2n) is 4.99. The minimum Gasteiger partial charge on any atom is -0.273 e. The van der Waals surface area contributed by atoms with Crippen LogP contribution >= 0.6 is 11.6 Å². The van der Waals surface area contributed by atoms with Crippen molar-refractivity contribution in [1.82, 2.24) is 0 Å². The van der Waals surface area contributed by atoms with Gasteiger partial charge in [0.15, 0.2) is 0 Å². The predicted octanol–water partition coefficient (Wildman–Crippen LogP) is 3.92. The van der Waals surface area contributed by atoms with Crippen LogP contribution in [0.3, 0.4) is 0 Å². The summed E-state index contributed by atoms with van der Waals surface area (Å²) in [4.78, 5) is 10.5. The van der Waals surface area contributed by atoms with Gasteiger partial charge in [-0.2, -0.15) is 0 Å². The van der Waals surface area contributed by atoms with Gasteiger partial charge in [-0.25, -0.2) is 8.42 Å². The summed E-state index contributed by atoms with van der Waals surface area (Å²) in [6.07, 6.45) is 0.528. The van der Waals surface area contributed by atoms with Crippen LogP contribution in [0, 0.1) is 17.0 Å². The number of sulfonamides is 1. The van der Waals surface area contributed by atoms with E-state index in [1.165, 1.54) is 18.2 Å². The van der Waals surface area contributed by atoms with Crippen molar-refractivity contribution >= 4 is 33.0 Å². The molecule has 0 atom stereocenters. The predicted molar refractivity (Wildman–Crippen MR) is 89.5 cm³/mol. The third-order valence-electron chi connectivity index (χ3n) is 3.29. The van der Waals surface area contributed by atoms with Crippen LogP contribution in [-0.4, -0.2) is 13.3 Å². The topological polar surface area (TPSA) is 89.3 Å². The molecule has 1 N–H and O–H groups in total. The van der Waals surface area contributed by atoms with Gasteiger partial charge in [0.2, 0.25) is 0 Å². The van der Waals surface area contributed by atoms with Crippen LogP contribution in [-0.2, 0) is 16.4 Å². The van der Waals surface area contributed by atoms with E-state index in [-0.39, 0.29) is 15.6 Å². The fraction of sp³-hybridized carbons (Fsp3) is 0.200. The Morgan fingerprint density at radius 2 is 1.91 bits per heavy atom. The molecule has 6 nitrogen and oxygen atoms in total. The van der Waals surface area contributed by atoms with Gasteiger partial charge in [0.1, 0.15) is 5.69 Å². The number of anilines is 1. The maximum Gasteiger partial charge on any atom is 0.294 e. The molecule has 23 heavy (non-hydrogen) atoms. The van der Waals surface area contributed by atoms with Crippen LogP contribution in [0.25, 0.3) is 0 Å². The third kappa shape index (κ3) is 3.80. The first-order valence-electron chi connectivity index (χ1n) is 6.81. The highest BCUT2D eigenvalue weighted by Crippen LogP contribution is 2.30. The summed E-state index contributed by atoms with van der Waals surface area (Å²) in [7, 11) is -3.94.